The van der Waals surface area contributed by atoms with E-state index in [9.17, 15) is 14.3 Å². The van der Waals surface area contributed by atoms with Gasteiger partial charge in [-0.3, -0.25) is 0 Å². The number of aromatic carboxylic acids is 1. The van der Waals surface area contributed by atoms with Gasteiger partial charge in [-0.1, -0.05) is 6.07 Å². The molecule has 0 radical (unpaired) electrons. The van der Waals surface area contributed by atoms with E-state index in [4.69, 9.17) is 0 Å². The minimum Gasteiger partial charge on any atom is -0.478 e. The van der Waals surface area contributed by atoms with Crippen LogP contribution in [0.2, 0.25) is 0 Å². The van der Waals surface area contributed by atoms with Gasteiger partial charge in [-0.2, -0.15) is 5.10 Å². The lowest BCUT2D eigenvalue weighted by Gasteiger charge is -2.04. The zero-order valence-corrected chi connectivity index (χ0v) is 11.5. The third-order valence-electron chi connectivity index (χ3n) is 3.22. The molecule has 106 valence electrons. The maximum atomic E-state index is 13.4. The first kappa shape index (κ1) is 13.2. The van der Waals surface area contributed by atoms with Crippen LogP contribution in [0.4, 0.5) is 4.39 Å². The number of halogens is 1. The smallest absolute Gasteiger partial charge is 0.336 e. The molecule has 0 fully saturated rings. The van der Waals surface area contributed by atoms with Gasteiger partial charge in [0.2, 0.25) is 0 Å². The van der Waals surface area contributed by atoms with Gasteiger partial charge in [0.05, 0.1) is 22.3 Å². The van der Waals surface area contributed by atoms with Crippen molar-refractivity contribution < 1.29 is 14.3 Å². The van der Waals surface area contributed by atoms with E-state index in [1.54, 1.807) is 26.0 Å². The van der Waals surface area contributed by atoms with Crippen LogP contribution in [0.5, 0.6) is 0 Å². The van der Waals surface area contributed by atoms with Gasteiger partial charge in [0.1, 0.15) is 5.82 Å². The van der Waals surface area contributed by atoms with Crippen LogP contribution in [0.3, 0.4) is 0 Å². The molecule has 0 atom stereocenters. The van der Waals surface area contributed by atoms with Crippen molar-refractivity contribution in [1.82, 2.24) is 14.8 Å². The molecule has 5 nitrogen and oxygen atoms in total. The molecule has 0 aliphatic heterocycles. The summed E-state index contributed by atoms with van der Waals surface area (Å²) in [5.74, 6) is -1.42. The maximum absolute atomic E-state index is 13.4. The second-order valence-electron chi connectivity index (χ2n) is 4.79. The molecule has 6 heteroatoms. The molecular formula is C15H12FN3O2. The highest BCUT2D eigenvalue weighted by Crippen LogP contribution is 2.25. The molecule has 0 bridgehead atoms. The summed E-state index contributed by atoms with van der Waals surface area (Å²) in [6.45, 7) is 3.42. The Kier molecular flexibility index (Phi) is 2.94. The summed E-state index contributed by atoms with van der Waals surface area (Å²) in [6, 6.07) is 7.44. The second-order valence-corrected chi connectivity index (χ2v) is 4.79. The highest BCUT2D eigenvalue weighted by molar-refractivity contribution is 6.03. The first-order valence-corrected chi connectivity index (χ1v) is 6.33. The average Bonchev–Trinajstić information content (AvgIpc) is 2.75. The van der Waals surface area contributed by atoms with Gasteiger partial charge in [0, 0.05) is 5.69 Å². The molecule has 0 amide bonds. The van der Waals surface area contributed by atoms with E-state index >= 15 is 0 Å². The molecule has 0 saturated heterocycles. The number of carbonyl (C=O) groups is 1. The third kappa shape index (κ3) is 2.14. The van der Waals surface area contributed by atoms with Gasteiger partial charge in [0.15, 0.2) is 5.65 Å². The van der Waals surface area contributed by atoms with Crippen molar-refractivity contribution >= 4 is 17.0 Å². The number of fused-ring (bicyclic) bond motifs is 1. The zero-order chi connectivity index (χ0) is 15.1. The van der Waals surface area contributed by atoms with Crippen molar-refractivity contribution in [3.63, 3.8) is 0 Å². The Hall–Kier alpha value is -2.76. The molecule has 0 saturated carbocycles. The van der Waals surface area contributed by atoms with Crippen LogP contribution >= 0.6 is 0 Å². The summed E-state index contributed by atoms with van der Waals surface area (Å²) < 4.78 is 14.9. The van der Waals surface area contributed by atoms with E-state index in [-0.39, 0.29) is 11.4 Å². The molecule has 2 aromatic heterocycles. The average molecular weight is 285 g/mol. The van der Waals surface area contributed by atoms with Crippen LogP contribution in [-0.2, 0) is 0 Å². The Labute approximate surface area is 119 Å². The van der Waals surface area contributed by atoms with Crippen molar-refractivity contribution in [1.29, 1.82) is 0 Å². The standard InChI is InChI=1S/C15H12FN3O2/c1-8-6-12(15(20)21)13-9(2)18-19(14(13)17-8)11-5-3-4-10(16)7-11/h3-7H,1-2H3,(H,20,21). The lowest BCUT2D eigenvalue weighted by atomic mass is 10.1. The fourth-order valence-corrected chi connectivity index (χ4v) is 2.37. The van der Waals surface area contributed by atoms with Crippen molar-refractivity contribution in [2.24, 2.45) is 0 Å². The largest absolute Gasteiger partial charge is 0.478 e. The number of nitrogens with zero attached hydrogens (tertiary/aromatic N) is 3. The molecule has 0 aliphatic carbocycles. The Morgan fingerprint density at radius 1 is 1.29 bits per heavy atom. The summed E-state index contributed by atoms with van der Waals surface area (Å²) in [5, 5.41) is 14.1. The second kappa shape index (κ2) is 4.66. The molecule has 0 aliphatic rings. The summed E-state index contributed by atoms with van der Waals surface area (Å²) in [7, 11) is 0. The number of carboxylic acid groups (broad SMARTS) is 1. The van der Waals surface area contributed by atoms with Gasteiger partial charge in [0.25, 0.3) is 0 Å². The van der Waals surface area contributed by atoms with Gasteiger partial charge in [-0.25, -0.2) is 18.9 Å². The van der Waals surface area contributed by atoms with Crippen LogP contribution in [-0.4, -0.2) is 25.8 Å². The summed E-state index contributed by atoms with van der Waals surface area (Å²) in [6.07, 6.45) is 0. The van der Waals surface area contributed by atoms with Gasteiger partial charge in [-0.15, -0.1) is 0 Å². The maximum Gasteiger partial charge on any atom is 0.336 e. The van der Waals surface area contributed by atoms with Gasteiger partial charge >= 0.3 is 5.97 Å². The first-order chi connectivity index (χ1) is 9.97. The predicted octanol–water partition coefficient (Wildman–Crippen LogP) is 2.87. The zero-order valence-electron chi connectivity index (χ0n) is 11.5. The van der Waals surface area contributed by atoms with E-state index in [1.807, 2.05) is 0 Å². The van der Waals surface area contributed by atoms with E-state index in [0.717, 1.165) is 0 Å². The van der Waals surface area contributed by atoms with Crippen LogP contribution in [0, 0.1) is 19.7 Å². The van der Waals surface area contributed by atoms with E-state index in [2.05, 4.69) is 10.1 Å². The van der Waals surface area contributed by atoms with Crippen molar-refractivity contribution in [2.45, 2.75) is 13.8 Å². The SMILES string of the molecule is Cc1cc(C(=O)O)c2c(C)nn(-c3cccc(F)c3)c2n1. The van der Waals surface area contributed by atoms with Crippen LogP contribution in [0.25, 0.3) is 16.7 Å². The van der Waals surface area contributed by atoms with Crippen LogP contribution < -0.4 is 0 Å². The molecule has 21 heavy (non-hydrogen) atoms. The van der Waals surface area contributed by atoms with Gasteiger partial charge < -0.3 is 5.11 Å². The van der Waals surface area contributed by atoms with E-state index in [1.165, 1.54) is 22.9 Å². The minimum atomic E-state index is -1.03. The first-order valence-electron chi connectivity index (χ1n) is 6.33. The molecule has 0 unspecified atom stereocenters. The molecule has 3 rings (SSSR count). The Balaban J connectivity index is 2.38. The number of hydrogen-bond acceptors (Lipinski definition) is 3. The summed E-state index contributed by atoms with van der Waals surface area (Å²) in [5.41, 5.74) is 2.17. The Morgan fingerprint density at radius 2 is 2.05 bits per heavy atom. The number of hydrogen-bond donors (Lipinski definition) is 1. The van der Waals surface area contributed by atoms with Crippen LogP contribution in [0.1, 0.15) is 21.7 Å². The van der Waals surface area contributed by atoms with E-state index in [0.29, 0.717) is 28.1 Å². The van der Waals surface area contributed by atoms with Crippen molar-refractivity contribution in [3.05, 3.63) is 53.1 Å². The lowest BCUT2D eigenvalue weighted by molar-refractivity contribution is 0.0698. The van der Waals surface area contributed by atoms with Crippen molar-refractivity contribution in [2.75, 3.05) is 0 Å². The highest BCUT2D eigenvalue weighted by atomic mass is 19.1. The van der Waals surface area contributed by atoms with Gasteiger partial charge in [-0.05, 0) is 38.1 Å². The minimum absolute atomic E-state index is 0.151. The fourth-order valence-electron chi connectivity index (χ4n) is 2.37. The summed E-state index contributed by atoms with van der Waals surface area (Å²) >= 11 is 0. The third-order valence-corrected chi connectivity index (χ3v) is 3.22. The molecule has 1 N–H and O–H groups in total. The fraction of sp³-hybridized carbons (Fsp3) is 0.133. The molecule has 0 spiro atoms. The topological polar surface area (TPSA) is 68.0 Å². The molecule has 2 heterocycles. The van der Waals surface area contributed by atoms with E-state index < -0.39 is 5.97 Å². The normalized spacial score (nSPS) is 11.0. The number of carboxylic acids is 1. The number of rotatable bonds is 2. The number of benzene rings is 1. The number of aryl methyl sites for hydroxylation is 2. The molecule has 1 aromatic carbocycles. The number of pyridine rings is 1. The Morgan fingerprint density at radius 3 is 2.71 bits per heavy atom. The van der Waals surface area contributed by atoms with Crippen molar-refractivity contribution in [3.8, 4) is 5.69 Å². The highest BCUT2D eigenvalue weighted by Gasteiger charge is 2.18. The predicted molar refractivity (Wildman–Crippen MR) is 75.3 cm³/mol. The lowest BCUT2D eigenvalue weighted by Crippen LogP contribution is -2.02. The summed E-state index contributed by atoms with van der Waals surface area (Å²) in [4.78, 5) is 15.8. The molecular weight excluding hydrogens is 273 g/mol. The Bertz CT molecular complexity index is 871. The monoisotopic (exact) mass is 285 g/mol. The number of aromatic nitrogens is 3. The molecule has 3 aromatic rings. The van der Waals surface area contributed by atoms with Crippen LogP contribution in [0.15, 0.2) is 30.3 Å². The quantitative estimate of drug-likeness (QED) is 0.786.